The second-order valence-corrected chi connectivity index (χ2v) is 6.02. The topological polar surface area (TPSA) is 98.9 Å². The van der Waals surface area contributed by atoms with Crippen molar-refractivity contribution in [1.82, 2.24) is 0 Å². The van der Waals surface area contributed by atoms with Crippen LogP contribution in [0.2, 0.25) is 0 Å². The third kappa shape index (κ3) is 2.60. The molecule has 4 atom stereocenters. The van der Waals surface area contributed by atoms with Gasteiger partial charge in [0.15, 0.2) is 6.79 Å². The van der Waals surface area contributed by atoms with Crippen LogP contribution in [0.3, 0.4) is 0 Å². The number of benzene rings is 1. The van der Waals surface area contributed by atoms with Crippen molar-refractivity contribution in [3.8, 4) is 0 Å². The molecule has 0 aliphatic heterocycles. The maximum atomic E-state index is 11.7. The molecule has 2 aliphatic rings. The number of hydrogen-bond donors (Lipinski definition) is 2. The Hall–Kier alpha value is -1.92. The van der Waals surface area contributed by atoms with Crippen molar-refractivity contribution in [2.45, 2.75) is 18.4 Å². The molecular formula is C16H19NO5. The first-order valence-corrected chi connectivity index (χ1v) is 7.36. The Morgan fingerprint density at radius 3 is 2.73 bits per heavy atom. The number of aliphatic carboxylic acids is 1. The number of carboxylic acid groups (broad SMARTS) is 1. The standard InChI is InChI=1S/C16H19NO5/c17-16(15(19)20)7-6-11-12(13(11)16)8-21-9-22-14(18)10-4-2-1-3-5-10/h1-5,11-13H,6-9,17H2,(H,19,20)/t11-,12-,13-,16-/m0/s1. The molecular weight excluding hydrogens is 286 g/mol. The molecule has 0 aromatic heterocycles. The number of carbonyl (C=O) groups is 2. The van der Waals surface area contributed by atoms with Crippen molar-refractivity contribution in [2.24, 2.45) is 23.5 Å². The molecule has 6 nitrogen and oxygen atoms in total. The first kappa shape index (κ1) is 15.0. The van der Waals surface area contributed by atoms with Crippen LogP contribution in [0.25, 0.3) is 0 Å². The minimum absolute atomic E-state index is 0.0187. The lowest BCUT2D eigenvalue weighted by molar-refractivity contribution is -0.144. The Kier molecular flexibility index (Phi) is 3.88. The quantitative estimate of drug-likeness (QED) is 0.466. The molecule has 0 spiro atoms. The first-order valence-electron chi connectivity index (χ1n) is 7.36. The normalized spacial score (nSPS) is 32.3. The highest BCUT2D eigenvalue weighted by atomic mass is 16.7. The number of carboxylic acids is 1. The molecule has 6 heteroatoms. The van der Waals surface area contributed by atoms with Gasteiger partial charge < -0.3 is 20.3 Å². The first-order chi connectivity index (χ1) is 10.5. The average molecular weight is 305 g/mol. The predicted molar refractivity (Wildman–Crippen MR) is 76.9 cm³/mol. The van der Waals surface area contributed by atoms with Crippen LogP contribution >= 0.6 is 0 Å². The fraction of sp³-hybridized carbons (Fsp3) is 0.500. The molecule has 0 radical (unpaired) electrons. The van der Waals surface area contributed by atoms with Gasteiger partial charge in [-0.05, 0) is 42.7 Å². The highest BCUT2D eigenvalue weighted by molar-refractivity contribution is 5.89. The SMILES string of the molecule is N[C@@]1(C(=O)O)CC[C@H]2[C@H](COCOC(=O)c3ccccc3)[C@H]21. The summed E-state index contributed by atoms with van der Waals surface area (Å²) in [5, 5.41) is 9.22. The smallest absolute Gasteiger partial charge is 0.340 e. The van der Waals surface area contributed by atoms with Gasteiger partial charge in [-0.3, -0.25) is 4.79 Å². The summed E-state index contributed by atoms with van der Waals surface area (Å²) in [6.07, 6.45) is 1.35. The van der Waals surface area contributed by atoms with E-state index < -0.39 is 17.5 Å². The lowest BCUT2D eigenvalue weighted by Gasteiger charge is -2.22. The van der Waals surface area contributed by atoms with E-state index in [1.807, 2.05) is 6.07 Å². The number of nitrogens with two attached hydrogens (primary N) is 1. The molecule has 2 saturated carbocycles. The Balaban J connectivity index is 1.41. The molecule has 0 bridgehead atoms. The van der Waals surface area contributed by atoms with Crippen molar-refractivity contribution >= 4 is 11.9 Å². The van der Waals surface area contributed by atoms with E-state index in [0.29, 0.717) is 24.5 Å². The van der Waals surface area contributed by atoms with E-state index in [4.69, 9.17) is 15.2 Å². The lowest BCUT2D eigenvalue weighted by Crippen LogP contribution is -2.49. The van der Waals surface area contributed by atoms with Gasteiger partial charge >= 0.3 is 11.9 Å². The maximum absolute atomic E-state index is 11.7. The Morgan fingerprint density at radius 1 is 1.32 bits per heavy atom. The van der Waals surface area contributed by atoms with Gasteiger partial charge in [-0.2, -0.15) is 0 Å². The second-order valence-electron chi connectivity index (χ2n) is 6.02. The average Bonchev–Trinajstić information content (AvgIpc) is 3.11. The fourth-order valence-electron chi connectivity index (χ4n) is 3.59. The highest BCUT2D eigenvalue weighted by Gasteiger charge is 2.66. The molecule has 0 heterocycles. The van der Waals surface area contributed by atoms with Crippen molar-refractivity contribution < 1.29 is 24.2 Å². The van der Waals surface area contributed by atoms with Crippen molar-refractivity contribution in [3.05, 3.63) is 35.9 Å². The number of rotatable bonds is 6. The lowest BCUT2D eigenvalue weighted by atomic mass is 9.92. The summed E-state index contributed by atoms with van der Waals surface area (Å²) in [5.74, 6) is -0.903. The number of esters is 1. The van der Waals surface area contributed by atoms with Gasteiger partial charge in [0.25, 0.3) is 0 Å². The van der Waals surface area contributed by atoms with Gasteiger partial charge in [-0.15, -0.1) is 0 Å². The molecule has 1 aromatic rings. The zero-order chi connectivity index (χ0) is 15.7. The zero-order valence-corrected chi connectivity index (χ0v) is 12.1. The summed E-state index contributed by atoms with van der Waals surface area (Å²) in [6, 6.07) is 8.68. The summed E-state index contributed by atoms with van der Waals surface area (Å²) in [6.45, 7) is 0.248. The molecule has 0 saturated heterocycles. The van der Waals surface area contributed by atoms with Crippen molar-refractivity contribution in [3.63, 3.8) is 0 Å². The highest BCUT2D eigenvalue weighted by Crippen LogP contribution is 2.61. The summed E-state index contributed by atoms with van der Waals surface area (Å²) in [5.41, 5.74) is 5.33. The second kappa shape index (κ2) is 5.70. The van der Waals surface area contributed by atoms with Crippen molar-refractivity contribution in [1.29, 1.82) is 0 Å². The van der Waals surface area contributed by atoms with Gasteiger partial charge in [0.2, 0.25) is 0 Å². The third-order valence-electron chi connectivity index (χ3n) is 4.81. The Bertz CT molecular complexity index is 575. The van der Waals surface area contributed by atoms with Gasteiger partial charge in [-0.1, -0.05) is 18.2 Å². The van der Waals surface area contributed by atoms with E-state index in [1.165, 1.54) is 0 Å². The van der Waals surface area contributed by atoms with E-state index in [9.17, 15) is 14.7 Å². The van der Waals surface area contributed by atoms with Crippen LogP contribution in [0.4, 0.5) is 0 Å². The maximum Gasteiger partial charge on any atom is 0.340 e. The molecule has 3 N–H and O–H groups in total. The van der Waals surface area contributed by atoms with Crippen LogP contribution in [-0.2, 0) is 14.3 Å². The minimum Gasteiger partial charge on any atom is -0.480 e. The van der Waals surface area contributed by atoms with Crippen LogP contribution in [0.5, 0.6) is 0 Å². The number of carbonyl (C=O) groups excluding carboxylic acids is 1. The zero-order valence-electron chi connectivity index (χ0n) is 12.1. The monoisotopic (exact) mass is 305 g/mol. The van der Waals surface area contributed by atoms with E-state index in [2.05, 4.69) is 0 Å². The van der Waals surface area contributed by atoms with Gasteiger partial charge in [0.05, 0.1) is 12.2 Å². The van der Waals surface area contributed by atoms with Gasteiger partial charge in [-0.25, -0.2) is 4.79 Å². The Labute approximate surface area is 128 Å². The molecule has 1 aromatic carbocycles. The summed E-state index contributed by atoms with van der Waals surface area (Å²) in [4.78, 5) is 22.9. The summed E-state index contributed by atoms with van der Waals surface area (Å²) < 4.78 is 10.4. The van der Waals surface area contributed by atoms with Crippen LogP contribution < -0.4 is 5.73 Å². The number of hydrogen-bond acceptors (Lipinski definition) is 5. The van der Waals surface area contributed by atoms with E-state index in [1.54, 1.807) is 24.3 Å². The summed E-state index contributed by atoms with van der Waals surface area (Å²) >= 11 is 0. The summed E-state index contributed by atoms with van der Waals surface area (Å²) in [7, 11) is 0. The largest absolute Gasteiger partial charge is 0.480 e. The molecule has 22 heavy (non-hydrogen) atoms. The Morgan fingerprint density at radius 2 is 2.05 bits per heavy atom. The van der Waals surface area contributed by atoms with E-state index in [-0.39, 0.29) is 18.6 Å². The molecule has 118 valence electrons. The number of ether oxygens (including phenoxy) is 2. The van der Waals surface area contributed by atoms with Crippen LogP contribution in [0.1, 0.15) is 23.2 Å². The fourth-order valence-corrected chi connectivity index (χ4v) is 3.59. The molecule has 2 fully saturated rings. The molecule has 2 aliphatic carbocycles. The molecule has 0 unspecified atom stereocenters. The van der Waals surface area contributed by atoms with E-state index >= 15 is 0 Å². The molecule has 3 rings (SSSR count). The van der Waals surface area contributed by atoms with Crippen LogP contribution in [-0.4, -0.2) is 36.0 Å². The van der Waals surface area contributed by atoms with Crippen LogP contribution in [0, 0.1) is 17.8 Å². The molecule has 0 amide bonds. The van der Waals surface area contributed by atoms with E-state index in [0.717, 1.165) is 6.42 Å². The van der Waals surface area contributed by atoms with Crippen molar-refractivity contribution in [2.75, 3.05) is 13.4 Å². The number of fused-ring (bicyclic) bond motifs is 1. The van der Waals surface area contributed by atoms with Crippen LogP contribution in [0.15, 0.2) is 30.3 Å². The third-order valence-corrected chi connectivity index (χ3v) is 4.81. The predicted octanol–water partition coefficient (Wildman–Crippen LogP) is 1.26. The minimum atomic E-state index is -1.11. The van der Waals surface area contributed by atoms with Gasteiger partial charge in [0.1, 0.15) is 5.54 Å². The van der Waals surface area contributed by atoms with Gasteiger partial charge in [0, 0.05) is 0 Å².